The third-order valence-electron chi connectivity index (χ3n) is 5.00. The van der Waals surface area contributed by atoms with Crippen molar-refractivity contribution in [2.75, 3.05) is 26.2 Å². The van der Waals surface area contributed by atoms with E-state index in [1.54, 1.807) is 0 Å². The summed E-state index contributed by atoms with van der Waals surface area (Å²) in [4.78, 5) is 21.5. The number of hydrogen-bond acceptors (Lipinski definition) is 3. The molecule has 0 spiro atoms. The van der Waals surface area contributed by atoms with Crippen LogP contribution in [-0.4, -0.2) is 51.3 Å². The summed E-state index contributed by atoms with van der Waals surface area (Å²) < 4.78 is 2.05. The van der Waals surface area contributed by atoms with Crippen LogP contribution in [0.4, 0.5) is 0 Å². The second-order valence-corrected chi connectivity index (χ2v) is 7.02. The molecule has 1 fully saturated rings. The highest BCUT2D eigenvalue weighted by Crippen LogP contribution is 2.12. The molecule has 0 unspecified atom stereocenters. The number of aromatic nitrogens is 2. The molecule has 0 radical (unpaired) electrons. The number of fused-ring (bicyclic) bond motifs is 1. The van der Waals surface area contributed by atoms with Crippen LogP contribution in [0.5, 0.6) is 0 Å². The van der Waals surface area contributed by atoms with Gasteiger partial charge >= 0.3 is 0 Å². The Morgan fingerprint density at radius 2 is 1.81 bits per heavy atom. The second-order valence-electron chi connectivity index (χ2n) is 7.02. The van der Waals surface area contributed by atoms with E-state index < -0.39 is 0 Å². The van der Waals surface area contributed by atoms with Crippen molar-refractivity contribution in [3.8, 4) is 0 Å². The predicted molar refractivity (Wildman–Crippen MR) is 102 cm³/mol. The molecule has 5 nitrogen and oxygen atoms in total. The lowest BCUT2D eigenvalue weighted by molar-refractivity contribution is -0.132. The summed E-state index contributed by atoms with van der Waals surface area (Å²) in [6, 6.07) is 14.3. The minimum atomic E-state index is 0.223. The van der Waals surface area contributed by atoms with E-state index in [0.717, 1.165) is 49.6 Å². The third-order valence-corrected chi connectivity index (χ3v) is 5.00. The third kappa shape index (κ3) is 3.78. The Morgan fingerprint density at radius 1 is 1.04 bits per heavy atom. The molecular formula is C21H24N4O. The Bertz CT molecular complexity index is 859. The number of hydrogen-bond donors (Lipinski definition) is 0. The maximum absolute atomic E-state index is 12.5. The van der Waals surface area contributed by atoms with Crippen LogP contribution in [-0.2, 0) is 17.8 Å². The molecule has 5 heteroatoms. The van der Waals surface area contributed by atoms with Gasteiger partial charge in [-0.25, -0.2) is 4.98 Å². The molecule has 1 saturated heterocycles. The molecule has 134 valence electrons. The molecule has 0 saturated carbocycles. The van der Waals surface area contributed by atoms with Crippen molar-refractivity contribution in [2.45, 2.75) is 19.9 Å². The van der Waals surface area contributed by atoms with Crippen LogP contribution in [0.25, 0.3) is 5.65 Å². The molecule has 26 heavy (non-hydrogen) atoms. The summed E-state index contributed by atoms with van der Waals surface area (Å²) in [5.74, 6) is 0.223. The Balaban J connectivity index is 1.30. The van der Waals surface area contributed by atoms with Crippen molar-refractivity contribution in [1.29, 1.82) is 0 Å². The second kappa shape index (κ2) is 7.30. The summed E-state index contributed by atoms with van der Waals surface area (Å²) in [7, 11) is 0. The van der Waals surface area contributed by atoms with Crippen LogP contribution < -0.4 is 0 Å². The highest BCUT2D eigenvalue weighted by Gasteiger charge is 2.21. The van der Waals surface area contributed by atoms with Gasteiger partial charge in [-0.3, -0.25) is 9.69 Å². The van der Waals surface area contributed by atoms with Gasteiger partial charge in [-0.2, -0.15) is 0 Å². The van der Waals surface area contributed by atoms with Crippen molar-refractivity contribution < 1.29 is 4.79 Å². The first-order valence-corrected chi connectivity index (χ1v) is 9.16. The van der Waals surface area contributed by atoms with Gasteiger partial charge in [-0.05, 0) is 24.6 Å². The largest absolute Gasteiger partial charge is 0.340 e. The summed E-state index contributed by atoms with van der Waals surface area (Å²) in [5, 5.41) is 0. The van der Waals surface area contributed by atoms with E-state index in [4.69, 9.17) is 0 Å². The number of imidazole rings is 1. The fraction of sp³-hybridized carbons (Fsp3) is 0.333. The van der Waals surface area contributed by atoms with Crippen molar-refractivity contribution in [1.82, 2.24) is 19.2 Å². The molecule has 0 aliphatic carbocycles. The molecule has 4 rings (SSSR count). The smallest absolute Gasteiger partial charge is 0.227 e. The lowest BCUT2D eigenvalue weighted by atomic mass is 10.1. The molecule has 3 aromatic rings. The zero-order valence-corrected chi connectivity index (χ0v) is 15.1. The predicted octanol–water partition coefficient (Wildman–Crippen LogP) is 2.53. The van der Waals surface area contributed by atoms with Crippen LogP contribution >= 0.6 is 0 Å². The first-order chi connectivity index (χ1) is 12.7. The molecule has 1 amide bonds. The first kappa shape index (κ1) is 16.8. The number of rotatable bonds is 4. The van der Waals surface area contributed by atoms with Crippen molar-refractivity contribution in [2.24, 2.45) is 0 Å². The van der Waals surface area contributed by atoms with Gasteiger partial charge in [0.2, 0.25) is 5.91 Å². The van der Waals surface area contributed by atoms with Crippen molar-refractivity contribution in [3.63, 3.8) is 0 Å². The Labute approximate surface area is 153 Å². The molecular weight excluding hydrogens is 324 g/mol. The van der Waals surface area contributed by atoms with Gasteiger partial charge in [0.15, 0.2) is 0 Å². The highest BCUT2D eigenvalue weighted by molar-refractivity contribution is 5.78. The summed E-state index contributed by atoms with van der Waals surface area (Å²) >= 11 is 0. The number of pyridine rings is 1. The zero-order chi connectivity index (χ0) is 17.9. The standard InChI is InChI=1S/C21H24N4O/c1-17-5-7-18(8-6-17)14-21(26)24-12-10-23(11-13-24)15-19-16-25-9-3-2-4-20(25)22-19/h2-9,16H,10-15H2,1H3. The van der Waals surface area contributed by atoms with E-state index in [2.05, 4.69) is 39.5 Å². The molecule has 2 aromatic heterocycles. The molecule has 3 heterocycles. The van der Waals surface area contributed by atoms with E-state index in [1.807, 2.05) is 41.4 Å². The van der Waals surface area contributed by atoms with Gasteiger partial charge in [0.1, 0.15) is 5.65 Å². The van der Waals surface area contributed by atoms with Crippen LogP contribution in [0.1, 0.15) is 16.8 Å². The fourth-order valence-corrected chi connectivity index (χ4v) is 3.44. The van der Waals surface area contributed by atoms with E-state index in [-0.39, 0.29) is 5.91 Å². The monoisotopic (exact) mass is 348 g/mol. The van der Waals surface area contributed by atoms with Gasteiger partial charge in [0.05, 0.1) is 12.1 Å². The van der Waals surface area contributed by atoms with Crippen LogP contribution in [0.2, 0.25) is 0 Å². The SMILES string of the molecule is Cc1ccc(CC(=O)N2CCN(Cc3cn4ccccc4n3)CC2)cc1. The number of benzene rings is 1. The van der Waals surface area contributed by atoms with Crippen LogP contribution in [0.15, 0.2) is 54.9 Å². The quantitative estimate of drug-likeness (QED) is 0.727. The normalized spacial score (nSPS) is 15.5. The van der Waals surface area contributed by atoms with Gasteiger partial charge in [0, 0.05) is 45.1 Å². The average molecular weight is 348 g/mol. The zero-order valence-electron chi connectivity index (χ0n) is 15.1. The van der Waals surface area contributed by atoms with Gasteiger partial charge < -0.3 is 9.30 Å². The maximum atomic E-state index is 12.5. The van der Waals surface area contributed by atoms with Crippen molar-refractivity contribution >= 4 is 11.6 Å². The topological polar surface area (TPSA) is 40.9 Å². The molecule has 0 atom stereocenters. The number of nitrogens with zero attached hydrogens (tertiary/aromatic N) is 4. The van der Waals surface area contributed by atoms with E-state index in [1.165, 1.54) is 5.56 Å². The number of piperazine rings is 1. The van der Waals surface area contributed by atoms with Gasteiger partial charge in [0.25, 0.3) is 0 Å². The molecule has 1 aliphatic rings. The summed E-state index contributed by atoms with van der Waals surface area (Å²) in [6.07, 6.45) is 4.60. The first-order valence-electron chi connectivity index (χ1n) is 9.16. The van der Waals surface area contributed by atoms with Crippen LogP contribution in [0, 0.1) is 6.92 Å². The number of carbonyl (C=O) groups excluding carboxylic acids is 1. The number of aryl methyl sites for hydroxylation is 1. The van der Waals surface area contributed by atoms with E-state index >= 15 is 0 Å². The minimum Gasteiger partial charge on any atom is -0.340 e. The Morgan fingerprint density at radius 3 is 2.54 bits per heavy atom. The Kier molecular flexibility index (Phi) is 4.71. The summed E-state index contributed by atoms with van der Waals surface area (Å²) in [5.41, 5.74) is 4.37. The van der Waals surface area contributed by atoms with E-state index in [0.29, 0.717) is 6.42 Å². The van der Waals surface area contributed by atoms with Crippen molar-refractivity contribution in [3.05, 3.63) is 71.7 Å². The van der Waals surface area contributed by atoms with Crippen LogP contribution in [0.3, 0.4) is 0 Å². The lowest BCUT2D eigenvalue weighted by Crippen LogP contribution is -2.48. The number of amides is 1. The van der Waals surface area contributed by atoms with Gasteiger partial charge in [-0.1, -0.05) is 35.9 Å². The fourth-order valence-electron chi connectivity index (χ4n) is 3.44. The van der Waals surface area contributed by atoms with E-state index in [9.17, 15) is 4.79 Å². The average Bonchev–Trinajstić information content (AvgIpc) is 3.06. The summed E-state index contributed by atoms with van der Waals surface area (Å²) in [6.45, 7) is 6.27. The molecule has 0 bridgehead atoms. The highest BCUT2D eigenvalue weighted by atomic mass is 16.2. The minimum absolute atomic E-state index is 0.223. The maximum Gasteiger partial charge on any atom is 0.227 e. The molecule has 0 N–H and O–H groups in total. The Hall–Kier alpha value is -2.66. The molecule has 1 aliphatic heterocycles. The lowest BCUT2D eigenvalue weighted by Gasteiger charge is -2.34. The van der Waals surface area contributed by atoms with Gasteiger partial charge in [-0.15, -0.1) is 0 Å². The molecule has 1 aromatic carbocycles. The number of carbonyl (C=O) groups is 1.